The van der Waals surface area contributed by atoms with Crippen molar-refractivity contribution in [2.45, 2.75) is 38.4 Å². The molecule has 0 fully saturated rings. The van der Waals surface area contributed by atoms with Gasteiger partial charge in [-0.15, -0.1) is 0 Å². The fraction of sp³-hybridized carbons (Fsp3) is 0.500. The summed E-state index contributed by atoms with van der Waals surface area (Å²) in [5.74, 6) is 1.47. The van der Waals surface area contributed by atoms with Crippen LogP contribution in [0.2, 0.25) is 0 Å². The highest BCUT2D eigenvalue weighted by Crippen LogP contribution is 2.22. The maximum atomic E-state index is 6.13. The van der Waals surface area contributed by atoms with Gasteiger partial charge < -0.3 is 10.7 Å². The number of aryl methyl sites for hydroxylation is 1. The number of nitrogens with one attached hydrogen (secondary N) is 1. The normalized spacial score (nSPS) is 14.9. The Morgan fingerprint density at radius 3 is 2.94 bits per heavy atom. The quantitative estimate of drug-likeness (QED) is 0.813. The lowest BCUT2D eigenvalue weighted by Crippen LogP contribution is -2.30. The molecule has 3 nitrogen and oxygen atoms in total. The van der Waals surface area contributed by atoms with Crippen LogP contribution in [0, 0.1) is 12.8 Å². The summed E-state index contributed by atoms with van der Waals surface area (Å²) >= 11 is 1.71. The molecule has 3 N–H and O–H groups in total. The Labute approximate surface area is 113 Å². The van der Waals surface area contributed by atoms with Crippen molar-refractivity contribution >= 4 is 22.8 Å². The number of fused-ring (bicyclic) bond motifs is 1. The van der Waals surface area contributed by atoms with Gasteiger partial charge in [-0.25, -0.2) is 4.98 Å². The first-order chi connectivity index (χ1) is 8.60. The van der Waals surface area contributed by atoms with Gasteiger partial charge in [0.15, 0.2) is 5.16 Å². The molecule has 18 heavy (non-hydrogen) atoms. The van der Waals surface area contributed by atoms with Gasteiger partial charge in [-0.3, -0.25) is 0 Å². The fourth-order valence-electron chi connectivity index (χ4n) is 1.81. The van der Waals surface area contributed by atoms with Crippen molar-refractivity contribution in [1.82, 2.24) is 9.97 Å². The predicted octanol–water partition coefficient (Wildman–Crippen LogP) is 3.34. The molecular formula is C14H21N3S. The highest BCUT2D eigenvalue weighted by atomic mass is 32.2. The van der Waals surface area contributed by atoms with Crippen molar-refractivity contribution in [3.05, 3.63) is 23.8 Å². The number of hydrogen-bond donors (Lipinski definition) is 2. The molecule has 1 heterocycles. The third-order valence-electron chi connectivity index (χ3n) is 3.40. The zero-order chi connectivity index (χ0) is 13.1. The third kappa shape index (κ3) is 3.06. The number of thioether (sulfide) groups is 1. The van der Waals surface area contributed by atoms with E-state index in [0.29, 0.717) is 5.92 Å². The number of H-pyrrole nitrogens is 1. The number of imidazole rings is 1. The van der Waals surface area contributed by atoms with E-state index in [9.17, 15) is 0 Å². The van der Waals surface area contributed by atoms with E-state index in [2.05, 4.69) is 48.9 Å². The number of rotatable bonds is 5. The summed E-state index contributed by atoms with van der Waals surface area (Å²) in [7, 11) is 0. The van der Waals surface area contributed by atoms with E-state index in [-0.39, 0.29) is 6.04 Å². The van der Waals surface area contributed by atoms with Crippen molar-refractivity contribution in [3.8, 4) is 0 Å². The van der Waals surface area contributed by atoms with Crippen molar-refractivity contribution in [2.24, 2.45) is 11.7 Å². The molecule has 0 radical (unpaired) electrons. The number of aromatic nitrogens is 2. The van der Waals surface area contributed by atoms with E-state index in [1.807, 2.05) is 0 Å². The fourth-order valence-corrected chi connectivity index (χ4v) is 2.83. The van der Waals surface area contributed by atoms with Gasteiger partial charge in [0, 0.05) is 11.8 Å². The largest absolute Gasteiger partial charge is 0.333 e. The highest BCUT2D eigenvalue weighted by Gasteiger charge is 2.12. The first-order valence-corrected chi connectivity index (χ1v) is 7.43. The molecular weight excluding hydrogens is 242 g/mol. The molecule has 0 saturated carbocycles. The van der Waals surface area contributed by atoms with Crippen LogP contribution in [0.5, 0.6) is 0 Å². The van der Waals surface area contributed by atoms with Crippen LogP contribution < -0.4 is 5.73 Å². The van der Waals surface area contributed by atoms with Gasteiger partial charge in [0.1, 0.15) is 0 Å². The molecule has 0 aliphatic heterocycles. The summed E-state index contributed by atoms with van der Waals surface area (Å²) in [4.78, 5) is 7.91. The highest BCUT2D eigenvalue weighted by molar-refractivity contribution is 7.99. The molecule has 1 aromatic carbocycles. The van der Waals surface area contributed by atoms with Crippen LogP contribution in [-0.4, -0.2) is 21.8 Å². The van der Waals surface area contributed by atoms with E-state index in [0.717, 1.165) is 28.4 Å². The molecule has 0 aliphatic carbocycles. The summed E-state index contributed by atoms with van der Waals surface area (Å²) in [6, 6.07) is 6.50. The second-order valence-corrected chi connectivity index (χ2v) is 5.93. The standard InChI is InChI=1S/C14H21N3S/c1-4-10(3)11(15)8-18-14-16-12-6-5-9(2)7-13(12)17-14/h5-7,10-11H,4,8,15H2,1-3H3,(H,16,17). The lowest BCUT2D eigenvalue weighted by molar-refractivity contribution is 0.475. The van der Waals surface area contributed by atoms with Gasteiger partial charge in [0.2, 0.25) is 0 Å². The number of hydrogen-bond acceptors (Lipinski definition) is 3. The van der Waals surface area contributed by atoms with Gasteiger partial charge in [0.05, 0.1) is 11.0 Å². The molecule has 2 atom stereocenters. The molecule has 0 spiro atoms. The predicted molar refractivity (Wildman–Crippen MR) is 79.0 cm³/mol. The summed E-state index contributed by atoms with van der Waals surface area (Å²) in [6.45, 7) is 6.47. The van der Waals surface area contributed by atoms with Crippen LogP contribution in [-0.2, 0) is 0 Å². The Morgan fingerprint density at radius 1 is 1.44 bits per heavy atom. The summed E-state index contributed by atoms with van der Waals surface area (Å²) in [5, 5.41) is 0.967. The van der Waals surface area contributed by atoms with Crippen LogP contribution in [0.3, 0.4) is 0 Å². The average Bonchev–Trinajstić information content (AvgIpc) is 2.76. The Hall–Kier alpha value is -1.00. The van der Waals surface area contributed by atoms with Crippen LogP contribution in [0.4, 0.5) is 0 Å². The minimum atomic E-state index is 0.231. The van der Waals surface area contributed by atoms with Gasteiger partial charge in [-0.05, 0) is 30.5 Å². The molecule has 0 amide bonds. The molecule has 0 aliphatic rings. The van der Waals surface area contributed by atoms with E-state index < -0.39 is 0 Å². The first kappa shape index (κ1) is 13.4. The topological polar surface area (TPSA) is 54.7 Å². The Kier molecular flexibility index (Phi) is 4.30. The minimum absolute atomic E-state index is 0.231. The molecule has 0 saturated heterocycles. The summed E-state index contributed by atoms with van der Waals surface area (Å²) in [5.41, 5.74) is 9.51. The van der Waals surface area contributed by atoms with E-state index >= 15 is 0 Å². The van der Waals surface area contributed by atoms with Crippen molar-refractivity contribution in [3.63, 3.8) is 0 Å². The first-order valence-electron chi connectivity index (χ1n) is 6.45. The second-order valence-electron chi connectivity index (χ2n) is 4.92. The zero-order valence-electron chi connectivity index (χ0n) is 11.2. The van der Waals surface area contributed by atoms with Crippen molar-refractivity contribution < 1.29 is 0 Å². The zero-order valence-corrected chi connectivity index (χ0v) is 12.1. The minimum Gasteiger partial charge on any atom is -0.333 e. The molecule has 2 unspecified atom stereocenters. The van der Waals surface area contributed by atoms with Crippen LogP contribution >= 0.6 is 11.8 Å². The maximum absolute atomic E-state index is 6.13. The molecule has 98 valence electrons. The van der Waals surface area contributed by atoms with Gasteiger partial charge >= 0.3 is 0 Å². The number of benzene rings is 1. The maximum Gasteiger partial charge on any atom is 0.166 e. The van der Waals surface area contributed by atoms with Gasteiger partial charge in [0.25, 0.3) is 0 Å². The average molecular weight is 263 g/mol. The number of nitrogens with zero attached hydrogens (tertiary/aromatic N) is 1. The molecule has 1 aromatic heterocycles. The Bertz CT molecular complexity index is 521. The van der Waals surface area contributed by atoms with E-state index in [1.165, 1.54) is 5.56 Å². The van der Waals surface area contributed by atoms with Crippen molar-refractivity contribution in [1.29, 1.82) is 0 Å². The summed E-state index contributed by atoms with van der Waals surface area (Å²) in [6.07, 6.45) is 1.13. The second kappa shape index (κ2) is 5.76. The molecule has 4 heteroatoms. The number of nitrogens with two attached hydrogens (primary N) is 1. The smallest absolute Gasteiger partial charge is 0.166 e. The van der Waals surface area contributed by atoms with E-state index in [4.69, 9.17) is 5.73 Å². The summed E-state index contributed by atoms with van der Waals surface area (Å²) < 4.78 is 0. The SMILES string of the molecule is CCC(C)C(N)CSc1nc2ccc(C)cc2[nH]1. The van der Waals surface area contributed by atoms with Gasteiger partial charge in [-0.1, -0.05) is 38.1 Å². The monoisotopic (exact) mass is 263 g/mol. The van der Waals surface area contributed by atoms with Crippen molar-refractivity contribution in [2.75, 3.05) is 5.75 Å². The van der Waals surface area contributed by atoms with Crippen LogP contribution in [0.1, 0.15) is 25.8 Å². The van der Waals surface area contributed by atoms with Crippen LogP contribution in [0.25, 0.3) is 11.0 Å². The third-order valence-corrected chi connectivity index (χ3v) is 4.42. The lowest BCUT2D eigenvalue weighted by atomic mass is 10.0. The molecule has 2 rings (SSSR count). The van der Waals surface area contributed by atoms with Crippen LogP contribution in [0.15, 0.2) is 23.4 Å². The Balaban J connectivity index is 2.04. The lowest BCUT2D eigenvalue weighted by Gasteiger charge is -2.16. The Morgan fingerprint density at radius 2 is 2.22 bits per heavy atom. The molecule has 2 aromatic rings. The van der Waals surface area contributed by atoms with E-state index in [1.54, 1.807) is 11.8 Å². The van der Waals surface area contributed by atoms with Gasteiger partial charge in [-0.2, -0.15) is 0 Å². The molecule has 0 bridgehead atoms. The number of aromatic amines is 1.